The van der Waals surface area contributed by atoms with Gasteiger partial charge in [0.25, 0.3) is 5.91 Å². The lowest BCUT2D eigenvalue weighted by molar-refractivity contribution is -0.126. The summed E-state index contributed by atoms with van der Waals surface area (Å²) in [5.41, 5.74) is 1.07. The lowest BCUT2D eigenvalue weighted by Crippen LogP contribution is -2.34. The van der Waals surface area contributed by atoms with E-state index in [0.29, 0.717) is 47.7 Å². The van der Waals surface area contributed by atoms with Crippen molar-refractivity contribution in [1.82, 2.24) is 25.9 Å². The molecular weight excluding hydrogens is 581 g/mol. The maximum absolute atomic E-state index is 12.9. The minimum atomic E-state index is -4.26. The largest absolute Gasteiger partial charge is 0.444 e. The Morgan fingerprint density at radius 1 is 1.07 bits per heavy atom. The van der Waals surface area contributed by atoms with Gasteiger partial charge in [0.15, 0.2) is 0 Å². The minimum Gasteiger partial charge on any atom is -0.444 e. The van der Waals surface area contributed by atoms with Crippen LogP contribution in [-0.4, -0.2) is 66.0 Å². The number of carbonyl (C=O) groups is 2. The second-order valence-corrected chi connectivity index (χ2v) is 12.9. The van der Waals surface area contributed by atoms with Crippen molar-refractivity contribution in [3.63, 3.8) is 0 Å². The maximum atomic E-state index is 12.9. The van der Waals surface area contributed by atoms with E-state index in [-0.39, 0.29) is 22.9 Å². The summed E-state index contributed by atoms with van der Waals surface area (Å²) in [6.07, 6.45) is -0.921. The van der Waals surface area contributed by atoms with Crippen molar-refractivity contribution < 1.29 is 27.5 Å². The Morgan fingerprint density at radius 2 is 1.79 bits per heavy atom. The third-order valence-corrected chi connectivity index (χ3v) is 8.18. The Labute approximate surface area is 253 Å². The van der Waals surface area contributed by atoms with Crippen molar-refractivity contribution in [2.75, 3.05) is 25.0 Å². The number of hydrogen-bond acceptors (Lipinski definition) is 8. The van der Waals surface area contributed by atoms with E-state index in [4.69, 9.17) is 4.74 Å². The van der Waals surface area contributed by atoms with Crippen LogP contribution in [0, 0.1) is 0 Å². The second-order valence-electron chi connectivity index (χ2n) is 11.8. The van der Waals surface area contributed by atoms with Crippen LogP contribution in [0.4, 0.5) is 23.8 Å². The molecule has 3 N–H and O–H groups in total. The van der Waals surface area contributed by atoms with Crippen LogP contribution in [0.25, 0.3) is 10.2 Å². The van der Waals surface area contributed by atoms with Gasteiger partial charge in [0.1, 0.15) is 22.6 Å². The highest BCUT2D eigenvalue weighted by atomic mass is 32.1. The maximum Gasteiger partial charge on any atom is 0.407 e. The van der Waals surface area contributed by atoms with Crippen LogP contribution in [0.3, 0.4) is 0 Å². The van der Waals surface area contributed by atoms with Crippen LogP contribution in [0.2, 0.25) is 0 Å². The van der Waals surface area contributed by atoms with Crippen LogP contribution < -0.4 is 20.9 Å². The highest BCUT2D eigenvalue weighted by Gasteiger charge is 2.31. The molecule has 2 atom stereocenters. The summed E-state index contributed by atoms with van der Waals surface area (Å²) >= 11 is 1.06. The lowest BCUT2D eigenvalue weighted by atomic mass is 10.1. The van der Waals surface area contributed by atoms with Crippen molar-refractivity contribution in [2.24, 2.45) is 0 Å². The summed E-state index contributed by atoms with van der Waals surface area (Å²) in [4.78, 5) is 35.6. The third-order valence-electron chi connectivity index (χ3n) is 7.14. The van der Waals surface area contributed by atoms with Crippen LogP contribution >= 0.6 is 11.3 Å². The molecule has 0 radical (unpaired) electrons. The molecular formula is C30H39F3N6O3S. The van der Waals surface area contributed by atoms with Crippen molar-refractivity contribution in [3.8, 4) is 0 Å². The van der Waals surface area contributed by atoms with Crippen LogP contribution in [0.5, 0.6) is 0 Å². The van der Waals surface area contributed by atoms with Gasteiger partial charge in [-0.15, -0.1) is 11.3 Å². The van der Waals surface area contributed by atoms with E-state index < -0.39 is 24.3 Å². The van der Waals surface area contributed by atoms with Gasteiger partial charge in [-0.2, -0.15) is 13.2 Å². The minimum absolute atomic E-state index is 0.173. The summed E-state index contributed by atoms with van der Waals surface area (Å²) in [7, 11) is 1.94. The number of ether oxygens (including phenoxy) is 1. The van der Waals surface area contributed by atoms with Crippen molar-refractivity contribution in [2.45, 2.75) is 83.3 Å². The van der Waals surface area contributed by atoms with Crippen molar-refractivity contribution in [3.05, 3.63) is 52.7 Å². The molecule has 0 unspecified atom stereocenters. The molecule has 9 nitrogen and oxygen atoms in total. The number of fused-ring (bicyclic) bond motifs is 1. The summed E-state index contributed by atoms with van der Waals surface area (Å²) in [5.74, 6) is 0.488. The monoisotopic (exact) mass is 620 g/mol. The quantitative estimate of drug-likeness (QED) is 0.240. The number of alkyl halides is 3. The van der Waals surface area contributed by atoms with E-state index in [9.17, 15) is 22.8 Å². The first kappa shape index (κ1) is 32.5. The van der Waals surface area contributed by atoms with Gasteiger partial charge in [-0.05, 0) is 70.2 Å². The molecule has 1 aliphatic rings. The standard InChI is InChI=1S/C30H39F3N6O3S/c1-29(2,3)42-28(41)35-13-5-12-34-26(40)20-8-6-19(7-9-20)17-36-21-10-11-22(14-21)39(4)25-24-15-23(16-30(31,32)33)43-27(24)38-18-37-25/h6-9,15,18,21-22,36H,5,10-14,16-17H2,1-4H3,(H,34,40)(H,35,41)/t21-,22+/m0/s1. The predicted molar refractivity (Wildman–Crippen MR) is 161 cm³/mol. The summed E-state index contributed by atoms with van der Waals surface area (Å²) in [5, 5.41) is 9.78. The fraction of sp³-hybridized carbons (Fsp3) is 0.533. The number of alkyl carbamates (subject to hydrolysis) is 1. The van der Waals surface area contributed by atoms with Crippen LogP contribution in [-0.2, 0) is 17.7 Å². The molecule has 2 heterocycles. The first-order chi connectivity index (χ1) is 20.3. The zero-order valence-corrected chi connectivity index (χ0v) is 25.7. The normalized spacial score (nSPS) is 17.2. The molecule has 43 heavy (non-hydrogen) atoms. The van der Waals surface area contributed by atoms with E-state index >= 15 is 0 Å². The average molecular weight is 621 g/mol. The predicted octanol–water partition coefficient (Wildman–Crippen LogP) is 5.59. The van der Waals surface area contributed by atoms with Gasteiger partial charge < -0.3 is 25.6 Å². The number of nitrogens with one attached hydrogen (secondary N) is 3. The van der Waals surface area contributed by atoms with Gasteiger partial charge in [0, 0.05) is 49.2 Å². The summed E-state index contributed by atoms with van der Waals surface area (Å²) < 4.78 is 43.9. The summed E-state index contributed by atoms with van der Waals surface area (Å²) in [6.45, 7) is 6.88. The van der Waals surface area contributed by atoms with Crippen LogP contribution in [0.15, 0.2) is 36.7 Å². The molecule has 13 heteroatoms. The van der Waals surface area contributed by atoms with Gasteiger partial charge in [-0.3, -0.25) is 4.79 Å². The molecule has 1 saturated carbocycles. The van der Waals surface area contributed by atoms with E-state index in [1.807, 2.05) is 19.2 Å². The Bertz CT molecular complexity index is 1390. The molecule has 4 rings (SSSR count). The number of thiophene rings is 1. The van der Waals surface area contributed by atoms with E-state index in [1.54, 1.807) is 39.0 Å². The topological polar surface area (TPSA) is 108 Å². The molecule has 1 aromatic carbocycles. The first-order valence-corrected chi connectivity index (χ1v) is 15.2. The number of hydrogen-bond donors (Lipinski definition) is 3. The third kappa shape index (κ3) is 9.78. The molecule has 2 aromatic heterocycles. The molecule has 2 amide bonds. The number of rotatable bonds is 11. The zero-order chi connectivity index (χ0) is 31.2. The van der Waals surface area contributed by atoms with Crippen molar-refractivity contribution in [1.29, 1.82) is 0 Å². The number of halogens is 3. The summed E-state index contributed by atoms with van der Waals surface area (Å²) in [6, 6.07) is 9.50. The second kappa shape index (κ2) is 13.9. The van der Waals surface area contributed by atoms with E-state index in [0.717, 1.165) is 36.2 Å². The molecule has 0 spiro atoms. The zero-order valence-electron chi connectivity index (χ0n) is 24.9. The SMILES string of the molecule is CN(c1ncnc2sc(CC(F)(F)F)cc12)[C@@H]1CC[C@H](NCc2ccc(C(=O)NCCCNC(=O)OC(C)(C)C)cc2)C1. The van der Waals surface area contributed by atoms with Gasteiger partial charge in [-0.1, -0.05) is 12.1 Å². The number of amides is 2. The van der Waals surface area contributed by atoms with Crippen LogP contribution in [0.1, 0.15) is 67.3 Å². The van der Waals surface area contributed by atoms with E-state index in [1.165, 1.54) is 6.33 Å². The number of aromatic nitrogens is 2. The molecule has 0 aliphatic heterocycles. The van der Waals surface area contributed by atoms with Gasteiger partial charge in [-0.25, -0.2) is 14.8 Å². The molecule has 0 bridgehead atoms. The van der Waals surface area contributed by atoms with E-state index in [2.05, 4.69) is 30.8 Å². The first-order valence-electron chi connectivity index (χ1n) is 14.4. The Balaban J connectivity index is 1.20. The fourth-order valence-electron chi connectivity index (χ4n) is 5.06. The highest BCUT2D eigenvalue weighted by molar-refractivity contribution is 7.18. The molecule has 3 aromatic rings. The average Bonchev–Trinajstić information content (AvgIpc) is 3.56. The molecule has 234 valence electrons. The Kier molecular flexibility index (Phi) is 10.5. The van der Waals surface area contributed by atoms with Gasteiger partial charge in [0.05, 0.1) is 11.8 Å². The molecule has 1 fully saturated rings. The Morgan fingerprint density at radius 3 is 2.49 bits per heavy atom. The number of nitrogens with zero attached hydrogens (tertiary/aromatic N) is 3. The Hall–Kier alpha value is -3.45. The lowest BCUT2D eigenvalue weighted by Gasteiger charge is -2.26. The molecule has 1 aliphatic carbocycles. The van der Waals surface area contributed by atoms with Gasteiger partial charge in [0.2, 0.25) is 0 Å². The number of carbonyl (C=O) groups excluding carboxylic acids is 2. The molecule has 0 saturated heterocycles. The smallest absolute Gasteiger partial charge is 0.407 e. The number of anilines is 1. The van der Waals surface area contributed by atoms with Gasteiger partial charge >= 0.3 is 12.3 Å². The highest BCUT2D eigenvalue weighted by Crippen LogP contribution is 2.35. The van der Waals surface area contributed by atoms with Crippen molar-refractivity contribution >= 4 is 39.4 Å². The number of benzene rings is 1. The fourth-order valence-corrected chi connectivity index (χ4v) is 6.08.